The van der Waals surface area contributed by atoms with Gasteiger partial charge in [-0.05, 0) is 6.42 Å². The molecule has 3 nitrogen and oxygen atoms in total. The summed E-state index contributed by atoms with van der Waals surface area (Å²) in [4.78, 5) is 10.9. The van der Waals surface area contributed by atoms with E-state index in [1.807, 2.05) is 0 Å². The number of carbonyl (C=O) groups is 1. The van der Waals surface area contributed by atoms with Crippen LogP contribution >= 0.6 is 0 Å². The zero-order valence-corrected chi connectivity index (χ0v) is 8.67. The topological polar surface area (TPSA) is 35.5 Å². The van der Waals surface area contributed by atoms with Gasteiger partial charge in [-0.3, -0.25) is 4.79 Å². The molecule has 0 amide bonds. The molecule has 78 valence electrons. The molecule has 0 N–H and O–H groups in total. The lowest BCUT2D eigenvalue weighted by Gasteiger charge is -2.02. The van der Waals surface area contributed by atoms with Gasteiger partial charge in [0, 0.05) is 13.7 Å². The highest BCUT2D eigenvalue weighted by molar-refractivity contribution is 5.80. The summed E-state index contributed by atoms with van der Waals surface area (Å²) >= 11 is 0. The lowest BCUT2D eigenvalue weighted by molar-refractivity contribution is -0.127. The summed E-state index contributed by atoms with van der Waals surface area (Å²) in [7, 11) is 1.51. The Morgan fingerprint density at radius 1 is 1.15 bits per heavy atom. The fourth-order valence-electron chi connectivity index (χ4n) is 1.02. The maximum atomic E-state index is 10.9. The molecule has 0 aromatic heterocycles. The van der Waals surface area contributed by atoms with Crippen LogP contribution in [-0.4, -0.2) is 32.7 Å². The van der Waals surface area contributed by atoms with E-state index in [4.69, 9.17) is 4.74 Å². The van der Waals surface area contributed by atoms with Crippen molar-refractivity contribution in [2.24, 2.45) is 0 Å². The Bertz CT molecular complexity index is 123. The summed E-state index contributed by atoms with van der Waals surface area (Å²) in [5.74, 6) is 0.0120. The smallest absolute Gasteiger partial charge is 0.183 e. The van der Waals surface area contributed by atoms with Crippen LogP contribution in [0, 0.1) is 0 Å². The monoisotopic (exact) mass is 188 g/mol. The molecule has 0 radical (unpaired) electrons. The summed E-state index contributed by atoms with van der Waals surface area (Å²) < 4.78 is 9.83. The summed E-state index contributed by atoms with van der Waals surface area (Å²) in [6.45, 7) is 3.22. The third kappa shape index (κ3) is 9.50. The Labute approximate surface area is 80.4 Å². The largest absolute Gasteiger partial charge is 0.377 e. The Kier molecular flexibility index (Phi) is 9.37. The summed E-state index contributed by atoms with van der Waals surface area (Å²) in [5, 5.41) is 0. The summed E-state index contributed by atoms with van der Waals surface area (Å²) in [5.41, 5.74) is 0. The molecule has 0 aromatic carbocycles. The molecule has 0 saturated heterocycles. The number of ether oxygens (including phenoxy) is 2. The molecular weight excluding hydrogens is 168 g/mol. The highest BCUT2D eigenvalue weighted by Crippen LogP contribution is 1.98. The average molecular weight is 188 g/mol. The molecule has 0 aliphatic rings. The van der Waals surface area contributed by atoms with Crippen LogP contribution in [0.4, 0.5) is 0 Å². The van der Waals surface area contributed by atoms with Gasteiger partial charge in [-0.15, -0.1) is 0 Å². The molecule has 3 heteroatoms. The fourth-order valence-corrected chi connectivity index (χ4v) is 1.02. The molecule has 0 fully saturated rings. The first kappa shape index (κ1) is 12.6. The van der Waals surface area contributed by atoms with Crippen molar-refractivity contribution in [1.29, 1.82) is 0 Å². The van der Waals surface area contributed by atoms with Gasteiger partial charge in [-0.25, -0.2) is 0 Å². The molecule has 0 saturated carbocycles. The Hall–Kier alpha value is -0.410. The molecule has 0 unspecified atom stereocenters. The lowest BCUT2D eigenvalue weighted by atomic mass is 10.2. The van der Waals surface area contributed by atoms with E-state index in [1.54, 1.807) is 0 Å². The molecule has 0 aromatic rings. The quantitative estimate of drug-likeness (QED) is 0.517. The minimum Gasteiger partial charge on any atom is -0.377 e. The van der Waals surface area contributed by atoms with Crippen molar-refractivity contribution in [3.8, 4) is 0 Å². The van der Waals surface area contributed by atoms with Crippen LogP contribution in [0.15, 0.2) is 0 Å². The number of methoxy groups -OCH3 is 1. The van der Waals surface area contributed by atoms with Crippen molar-refractivity contribution in [2.75, 3.05) is 26.9 Å². The molecular formula is C10H20O3. The zero-order valence-electron chi connectivity index (χ0n) is 8.67. The number of rotatable bonds is 9. The Balaban J connectivity index is 3.02. The first-order valence-corrected chi connectivity index (χ1v) is 4.89. The predicted molar refractivity (Wildman–Crippen MR) is 51.8 cm³/mol. The van der Waals surface area contributed by atoms with Crippen LogP contribution in [0.2, 0.25) is 0 Å². The molecule has 0 rings (SSSR count). The first-order valence-electron chi connectivity index (χ1n) is 4.89. The second kappa shape index (κ2) is 9.68. The third-order valence-corrected chi connectivity index (χ3v) is 1.71. The SMILES string of the molecule is CCCCCCOCC(=O)COC. The van der Waals surface area contributed by atoms with E-state index in [-0.39, 0.29) is 19.0 Å². The molecule has 0 aliphatic carbocycles. The van der Waals surface area contributed by atoms with Crippen LogP contribution in [0.3, 0.4) is 0 Å². The second-order valence-electron chi connectivity index (χ2n) is 3.08. The maximum absolute atomic E-state index is 10.9. The van der Waals surface area contributed by atoms with Crippen molar-refractivity contribution >= 4 is 5.78 Å². The third-order valence-electron chi connectivity index (χ3n) is 1.71. The number of ketones is 1. The van der Waals surface area contributed by atoms with Crippen LogP contribution in [-0.2, 0) is 14.3 Å². The van der Waals surface area contributed by atoms with E-state index in [2.05, 4.69) is 11.7 Å². The second-order valence-corrected chi connectivity index (χ2v) is 3.08. The van der Waals surface area contributed by atoms with Crippen molar-refractivity contribution < 1.29 is 14.3 Å². The molecule has 13 heavy (non-hydrogen) atoms. The van der Waals surface area contributed by atoms with E-state index >= 15 is 0 Å². The molecule has 0 aliphatic heterocycles. The highest BCUT2D eigenvalue weighted by Gasteiger charge is 1.99. The molecule has 0 bridgehead atoms. The van der Waals surface area contributed by atoms with Gasteiger partial charge in [0.15, 0.2) is 5.78 Å². The van der Waals surface area contributed by atoms with Gasteiger partial charge in [0.2, 0.25) is 0 Å². The van der Waals surface area contributed by atoms with Crippen molar-refractivity contribution in [3.63, 3.8) is 0 Å². The number of hydrogen-bond donors (Lipinski definition) is 0. The van der Waals surface area contributed by atoms with Crippen molar-refractivity contribution in [3.05, 3.63) is 0 Å². The van der Waals surface area contributed by atoms with E-state index in [0.29, 0.717) is 6.61 Å². The number of unbranched alkanes of at least 4 members (excludes halogenated alkanes) is 3. The number of hydrogen-bond acceptors (Lipinski definition) is 3. The average Bonchev–Trinajstić information content (AvgIpc) is 2.11. The summed E-state index contributed by atoms with van der Waals surface area (Å²) in [6, 6.07) is 0. The molecule has 0 atom stereocenters. The van der Waals surface area contributed by atoms with E-state index < -0.39 is 0 Å². The summed E-state index contributed by atoms with van der Waals surface area (Å²) in [6.07, 6.45) is 4.71. The Morgan fingerprint density at radius 3 is 2.54 bits per heavy atom. The molecule has 0 heterocycles. The van der Waals surface area contributed by atoms with Gasteiger partial charge < -0.3 is 9.47 Å². The van der Waals surface area contributed by atoms with Gasteiger partial charge in [-0.1, -0.05) is 26.2 Å². The fraction of sp³-hybridized carbons (Fsp3) is 0.900. The van der Waals surface area contributed by atoms with Gasteiger partial charge >= 0.3 is 0 Å². The van der Waals surface area contributed by atoms with E-state index in [0.717, 1.165) is 6.42 Å². The normalized spacial score (nSPS) is 10.3. The maximum Gasteiger partial charge on any atom is 0.183 e. The molecule has 0 spiro atoms. The minimum atomic E-state index is 0.0120. The van der Waals surface area contributed by atoms with Crippen LogP contribution in [0.1, 0.15) is 32.6 Å². The van der Waals surface area contributed by atoms with Gasteiger partial charge in [0.1, 0.15) is 13.2 Å². The van der Waals surface area contributed by atoms with Gasteiger partial charge in [0.05, 0.1) is 0 Å². The van der Waals surface area contributed by atoms with Crippen molar-refractivity contribution in [1.82, 2.24) is 0 Å². The van der Waals surface area contributed by atoms with E-state index in [1.165, 1.54) is 26.4 Å². The first-order chi connectivity index (χ1) is 6.31. The number of carbonyl (C=O) groups excluding carboxylic acids is 1. The Morgan fingerprint density at radius 2 is 1.92 bits per heavy atom. The van der Waals surface area contributed by atoms with Gasteiger partial charge in [0.25, 0.3) is 0 Å². The van der Waals surface area contributed by atoms with Crippen LogP contribution in [0.25, 0.3) is 0 Å². The van der Waals surface area contributed by atoms with Gasteiger partial charge in [-0.2, -0.15) is 0 Å². The van der Waals surface area contributed by atoms with E-state index in [9.17, 15) is 4.79 Å². The predicted octanol–water partition coefficient (Wildman–Crippen LogP) is 1.80. The number of Topliss-reactive ketones (excluding diaryl/α,β-unsaturated/α-hetero) is 1. The minimum absolute atomic E-state index is 0.0120. The van der Waals surface area contributed by atoms with Crippen LogP contribution < -0.4 is 0 Å². The van der Waals surface area contributed by atoms with Crippen molar-refractivity contribution in [2.45, 2.75) is 32.6 Å². The lowest BCUT2D eigenvalue weighted by Crippen LogP contribution is -2.14. The zero-order chi connectivity index (χ0) is 9.94. The van der Waals surface area contributed by atoms with Crippen LogP contribution in [0.5, 0.6) is 0 Å². The highest BCUT2D eigenvalue weighted by atomic mass is 16.5. The standard InChI is InChI=1S/C10H20O3/c1-3-4-5-6-7-13-9-10(11)8-12-2/h3-9H2,1-2H3.